The van der Waals surface area contributed by atoms with Gasteiger partial charge in [-0.2, -0.15) is 0 Å². The van der Waals surface area contributed by atoms with E-state index in [1.807, 2.05) is 0 Å². The minimum Gasteiger partial charge on any atom is -0.468 e. The number of methoxy groups -OCH3 is 1. The van der Waals surface area contributed by atoms with Gasteiger partial charge in [0, 0.05) is 0 Å². The van der Waals surface area contributed by atoms with Gasteiger partial charge in [0.25, 0.3) is 0 Å². The molecule has 54 valence electrons. The van der Waals surface area contributed by atoms with Crippen molar-refractivity contribution in [2.45, 2.75) is 5.25 Å². The Morgan fingerprint density at radius 3 is 2.90 bits per heavy atom. The maximum absolute atomic E-state index is 10.8. The molecule has 0 saturated heterocycles. The van der Waals surface area contributed by atoms with Gasteiger partial charge in [0.05, 0.1) is 7.11 Å². The summed E-state index contributed by atoms with van der Waals surface area (Å²) in [6.07, 6.45) is 1.38. The number of hydrogen-bond acceptors (Lipinski definition) is 4. The van der Waals surface area contributed by atoms with E-state index in [2.05, 4.69) is 4.74 Å². The van der Waals surface area contributed by atoms with Crippen LogP contribution in [0.25, 0.3) is 0 Å². The highest BCUT2D eigenvalue weighted by atomic mass is 32.2. The van der Waals surface area contributed by atoms with Crippen LogP contribution in [-0.2, 0) is 14.3 Å². The highest BCUT2D eigenvalue weighted by Crippen LogP contribution is 2.21. The highest BCUT2D eigenvalue weighted by Gasteiger charge is 2.28. The second kappa shape index (κ2) is 2.88. The van der Waals surface area contributed by atoms with Crippen LogP contribution in [0.4, 0.5) is 0 Å². The van der Waals surface area contributed by atoms with Crippen LogP contribution in [-0.4, -0.2) is 24.1 Å². The van der Waals surface area contributed by atoms with Gasteiger partial charge < -0.3 is 4.74 Å². The largest absolute Gasteiger partial charge is 0.468 e. The molecule has 0 aromatic heterocycles. The Morgan fingerprint density at radius 1 is 1.80 bits per heavy atom. The molecule has 0 fully saturated rings. The molecule has 1 heterocycles. The summed E-state index contributed by atoms with van der Waals surface area (Å²) < 4.78 is 4.38. The van der Waals surface area contributed by atoms with Crippen molar-refractivity contribution in [2.24, 2.45) is 0 Å². The maximum Gasteiger partial charge on any atom is 0.327 e. The summed E-state index contributed by atoms with van der Waals surface area (Å²) in [4.78, 5) is 21.5. The number of ketones is 1. The topological polar surface area (TPSA) is 43.4 Å². The number of hydrogen-bond donors (Lipinski definition) is 0. The molecular weight excluding hydrogens is 152 g/mol. The first-order chi connectivity index (χ1) is 4.75. The van der Waals surface area contributed by atoms with Crippen LogP contribution in [0.1, 0.15) is 0 Å². The molecule has 10 heavy (non-hydrogen) atoms. The zero-order valence-electron chi connectivity index (χ0n) is 5.37. The van der Waals surface area contributed by atoms with Gasteiger partial charge in [-0.05, 0) is 11.5 Å². The SMILES string of the molecule is COC(=O)C1SC=CC1=O. The lowest BCUT2D eigenvalue weighted by Crippen LogP contribution is -2.23. The van der Waals surface area contributed by atoms with Gasteiger partial charge in [0.15, 0.2) is 11.0 Å². The van der Waals surface area contributed by atoms with E-state index in [0.717, 1.165) is 0 Å². The summed E-state index contributed by atoms with van der Waals surface area (Å²) in [6.45, 7) is 0. The van der Waals surface area contributed by atoms with Crippen molar-refractivity contribution in [2.75, 3.05) is 7.11 Å². The first kappa shape index (κ1) is 7.34. The van der Waals surface area contributed by atoms with E-state index in [-0.39, 0.29) is 5.78 Å². The summed E-state index contributed by atoms with van der Waals surface area (Å²) in [6, 6.07) is 0. The lowest BCUT2D eigenvalue weighted by molar-refractivity contribution is -0.141. The minimum atomic E-state index is -0.648. The predicted molar refractivity (Wildman–Crippen MR) is 37.5 cm³/mol. The number of rotatable bonds is 1. The van der Waals surface area contributed by atoms with Gasteiger partial charge >= 0.3 is 5.97 Å². The zero-order chi connectivity index (χ0) is 7.56. The van der Waals surface area contributed by atoms with Gasteiger partial charge in [0.1, 0.15) is 0 Å². The maximum atomic E-state index is 10.8. The lowest BCUT2D eigenvalue weighted by atomic mass is 10.3. The van der Waals surface area contributed by atoms with Crippen LogP contribution in [0.5, 0.6) is 0 Å². The molecule has 0 radical (unpaired) electrons. The van der Waals surface area contributed by atoms with Crippen LogP contribution in [0.3, 0.4) is 0 Å². The Labute approximate surface area is 62.4 Å². The van der Waals surface area contributed by atoms with Crippen molar-refractivity contribution < 1.29 is 14.3 Å². The van der Waals surface area contributed by atoms with Crippen molar-refractivity contribution >= 4 is 23.5 Å². The molecule has 0 amide bonds. The van der Waals surface area contributed by atoms with E-state index >= 15 is 0 Å². The molecule has 0 bridgehead atoms. The molecule has 1 atom stereocenters. The van der Waals surface area contributed by atoms with Gasteiger partial charge in [-0.1, -0.05) is 0 Å². The van der Waals surface area contributed by atoms with Crippen molar-refractivity contribution in [3.05, 3.63) is 11.5 Å². The van der Waals surface area contributed by atoms with Crippen molar-refractivity contribution in [3.63, 3.8) is 0 Å². The summed E-state index contributed by atoms with van der Waals surface area (Å²) >= 11 is 1.18. The van der Waals surface area contributed by atoms with Gasteiger partial charge in [-0.3, -0.25) is 9.59 Å². The van der Waals surface area contributed by atoms with E-state index in [1.54, 1.807) is 5.41 Å². The van der Waals surface area contributed by atoms with Gasteiger partial charge in [0.2, 0.25) is 0 Å². The Hall–Kier alpha value is -0.770. The van der Waals surface area contributed by atoms with Crippen LogP contribution in [0.2, 0.25) is 0 Å². The molecule has 1 unspecified atom stereocenters. The zero-order valence-corrected chi connectivity index (χ0v) is 6.18. The third-order valence-electron chi connectivity index (χ3n) is 1.12. The Balaban J connectivity index is 2.59. The van der Waals surface area contributed by atoms with Crippen LogP contribution < -0.4 is 0 Å². The molecule has 0 aromatic carbocycles. The molecule has 1 aliphatic rings. The third kappa shape index (κ3) is 1.21. The predicted octanol–water partition coefficient (Wildman–Crippen LogP) is 0.358. The summed E-state index contributed by atoms with van der Waals surface area (Å²) in [5.41, 5.74) is 0. The first-order valence-electron chi connectivity index (χ1n) is 2.69. The highest BCUT2D eigenvalue weighted by molar-refractivity contribution is 8.04. The normalized spacial score (nSPS) is 23.3. The van der Waals surface area contributed by atoms with Gasteiger partial charge in [-0.25, -0.2) is 0 Å². The van der Waals surface area contributed by atoms with Crippen molar-refractivity contribution in [3.8, 4) is 0 Å². The quantitative estimate of drug-likeness (QED) is 0.408. The summed E-state index contributed by atoms with van der Waals surface area (Å²) in [7, 11) is 1.27. The van der Waals surface area contributed by atoms with Crippen molar-refractivity contribution in [1.29, 1.82) is 0 Å². The third-order valence-corrected chi connectivity index (χ3v) is 2.11. The molecule has 4 heteroatoms. The molecular formula is C6H6O3S. The summed E-state index contributed by atoms with van der Waals surface area (Å²) in [5, 5.41) is 0.953. The molecule has 0 spiro atoms. The standard InChI is InChI=1S/C6H6O3S/c1-9-6(8)5-4(7)2-3-10-5/h2-3,5H,1H3. The second-order valence-corrected chi connectivity index (χ2v) is 2.76. The molecule has 0 aromatic rings. The smallest absolute Gasteiger partial charge is 0.327 e. The van der Waals surface area contributed by atoms with E-state index in [4.69, 9.17) is 0 Å². The average molecular weight is 158 g/mol. The second-order valence-electron chi connectivity index (χ2n) is 1.74. The lowest BCUT2D eigenvalue weighted by Gasteiger charge is -2.02. The Bertz CT molecular complexity index is 197. The minimum absolute atomic E-state index is 0.183. The molecule has 3 nitrogen and oxygen atoms in total. The Morgan fingerprint density at radius 2 is 2.50 bits per heavy atom. The van der Waals surface area contributed by atoms with E-state index < -0.39 is 11.2 Å². The number of carbonyl (C=O) groups excluding carboxylic acids is 2. The van der Waals surface area contributed by atoms with Gasteiger partial charge in [-0.15, -0.1) is 11.8 Å². The van der Waals surface area contributed by atoms with E-state index in [0.29, 0.717) is 0 Å². The summed E-state index contributed by atoms with van der Waals surface area (Å²) in [5.74, 6) is -0.656. The fraction of sp³-hybridized carbons (Fsp3) is 0.333. The molecule has 1 aliphatic heterocycles. The Kier molecular flexibility index (Phi) is 2.11. The van der Waals surface area contributed by atoms with Crippen LogP contribution in [0, 0.1) is 0 Å². The van der Waals surface area contributed by atoms with Crippen molar-refractivity contribution in [1.82, 2.24) is 0 Å². The monoisotopic (exact) mass is 158 g/mol. The number of esters is 1. The molecule has 0 N–H and O–H groups in total. The average Bonchev–Trinajstić information content (AvgIpc) is 2.34. The first-order valence-corrected chi connectivity index (χ1v) is 3.63. The number of ether oxygens (including phenoxy) is 1. The van der Waals surface area contributed by atoms with Crippen LogP contribution in [0.15, 0.2) is 11.5 Å². The van der Waals surface area contributed by atoms with Crippen LogP contribution >= 0.6 is 11.8 Å². The van der Waals surface area contributed by atoms with E-state index in [1.165, 1.54) is 24.9 Å². The fourth-order valence-electron chi connectivity index (χ4n) is 0.618. The number of carbonyl (C=O) groups is 2. The molecule has 0 saturated carbocycles. The molecule has 1 rings (SSSR count). The molecule has 0 aliphatic carbocycles. The fourth-order valence-corrected chi connectivity index (χ4v) is 1.41. The number of thioether (sulfide) groups is 1. The number of allylic oxidation sites excluding steroid dienone is 1. The van der Waals surface area contributed by atoms with E-state index in [9.17, 15) is 9.59 Å².